The number of rotatable bonds is 4. The van der Waals surface area contributed by atoms with Crippen molar-refractivity contribution in [1.29, 1.82) is 0 Å². The number of ether oxygens (including phenoxy) is 2. The second kappa shape index (κ2) is 7.77. The zero-order valence-electron chi connectivity index (χ0n) is 14.4. The molecular weight excluding hydrogens is 377 g/mol. The minimum Gasteiger partial charge on any atom is -0.466 e. The molecule has 0 amide bonds. The Morgan fingerprint density at radius 1 is 1.00 bits per heavy atom. The fourth-order valence-corrected chi connectivity index (χ4v) is 2.67. The Labute approximate surface area is 150 Å². The van der Waals surface area contributed by atoms with E-state index in [0.29, 0.717) is 0 Å². The predicted molar refractivity (Wildman–Crippen MR) is 81.5 cm³/mol. The molecule has 1 aliphatic heterocycles. The number of halogens is 5. The number of carbonyl (C=O) groups excluding carboxylic acids is 2. The monoisotopic (exact) mass is 391 g/mol. The maximum absolute atomic E-state index is 14.4. The average Bonchev–Trinajstić information content (AvgIpc) is 2.64. The van der Waals surface area contributed by atoms with Crippen LogP contribution in [0.25, 0.3) is 0 Å². The van der Waals surface area contributed by atoms with Gasteiger partial charge in [0.25, 0.3) is 0 Å². The zero-order valence-corrected chi connectivity index (χ0v) is 14.4. The standard InChI is InChI=1S/C17H14F5NO4/c1-4-27-16(24)7-5-23-6(2)8(17(25)26-3)9(7)10-11(18)13(20)15(22)14(21)12(10)19/h5,9,23H,4H2,1-3H3. The van der Waals surface area contributed by atoms with Crippen LogP contribution in [0, 0.1) is 29.1 Å². The number of hydrogen-bond acceptors (Lipinski definition) is 5. The van der Waals surface area contributed by atoms with E-state index in [1.54, 1.807) is 0 Å². The van der Waals surface area contributed by atoms with Crippen molar-refractivity contribution in [1.82, 2.24) is 5.32 Å². The van der Waals surface area contributed by atoms with Crippen molar-refractivity contribution in [2.45, 2.75) is 19.8 Å². The molecule has 10 heteroatoms. The number of benzene rings is 1. The molecule has 0 aromatic heterocycles. The van der Waals surface area contributed by atoms with E-state index in [4.69, 9.17) is 4.74 Å². The second-order valence-corrected chi connectivity index (χ2v) is 5.41. The molecule has 2 rings (SSSR count). The number of methoxy groups -OCH3 is 1. The summed E-state index contributed by atoms with van der Waals surface area (Å²) in [7, 11) is 0.959. The summed E-state index contributed by atoms with van der Waals surface area (Å²) in [6.45, 7) is 2.63. The third kappa shape index (κ3) is 3.38. The van der Waals surface area contributed by atoms with Gasteiger partial charge in [0.2, 0.25) is 5.82 Å². The maximum Gasteiger partial charge on any atom is 0.336 e. The first kappa shape index (κ1) is 20.4. The fourth-order valence-electron chi connectivity index (χ4n) is 2.67. The number of allylic oxidation sites excluding steroid dienone is 1. The summed E-state index contributed by atoms with van der Waals surface area (Å²) in [6.07, 6.45) is 0.975. The summed E-state index contributed by atoms with van der Waals surface area (Å²) < 4.78 is 78.9. The summed E-state index contributed by atoms with van der Waals surface area (Å²) in [5.41, 5.74) is -2.37. The molecule has 1 heterocycles. The lowest BCUT2D eigenvalue weighted by Crippen LogP contribution is -2.31. The summed E-state index contributed by atoms with van der Waals surface area (Å²) >= 11 is 0. The van der Waals surface area contributed by atoms with Gasteiger partial charge in [-0.05, 0) is 13.8 Å². The fraction of sp³-hybridized carbons (Fsp3) is 0.294. The van der Waals surface area contributed by atoms with Crippen molar-refractivity contribution < 1.29 is 41.0 Å². The van der Waals surface area contributed by atoms with E-state index in [1.807, 2.05) is 0 Å². The van der Waals surface area contributed by atoms with E-state index in [-0.39, 0.29) is 12.3 Å². The van der Waals surface area contributed by atoms with Gasteiger partial charge in [0.1, 0.15) is 0 Å². The molecule has 0 aliphatic carbocycles. The molecule has 0 spiro atoms. The number of carbonyl (C=O) groups is 2. The highest BCUT2D eigenvalue weighted by molar-refractivity contribution is 5.99. The zero-order chi connectivity index (χ0) is 20.5. The van der Waals surface area contributed by atoms with E-state index in [0.717, 1.165) is 13.3 Å². The van der Waals surface area contributed by atoms with Crippen molar-refractivity contribution in [3.8, 4) is 0 Å². The third-order valence-electron chi connectivity index (χ3n) is 3.90. The van der Waals surface area contributed by atoms with Gasteiger partial charge in [0.15, 0.2) is 23.3 Å². The van der Waals surface area contributed by atoms with Crippen LogP contribution in [0.5, 0.6) is 0 Å². The predicted octanol–water partition coefficient (Wildman–Crippen LogP) is 2.96. The van der Waals surface area contributed by atoms with Crippen LogP contribution >= 0.6 is 0 Å². The summed E-state index contributed by atoms with van der Waals surface area (Å²) in [4.78, 5) is 24.3. The summed E-state index contributed by atoms with van der Waals surface area (Å²) in [6, 6.07) is 0. The van der Waals surface area contributed by atoms with Gasteiger partial charge < -0.3 is 14.8 Å². The Hall–Kier alpha value is -2.91. The lowest BCUT2D eigenvalue weighted by molar-refractivity contribution is -0.139. The van der Waals surface area contributed by atoms with Crippen molar-refractivity contribution >= 4 is 11.9 Å². The van der Waals surface area contributed by atoms with Gasteiger partial charge in [-0.15, -0.1) is 0 Å². The van der Waals surface area contributed by atoms with Gasteiger partial charge in [0, 0.05) is 17.5 Å². The van der Waals surface area contributed by atoms with Gasteiger partial charge in [-0.1, -0.05) is 0 Å². The van der Waals surface area contributed by atoms with Crippen LogP contribution < -0.4 is 5.32 Å². The highest BCUT2D eigenvalue weighted by Gasteiger charge is 2.41. The van der Waals surface area contributed by atoms with Gasteiger partial charge in [0.05, 0.1) is 30.8 Å². The molecule has 146 valence electrons. The molecule has 0 radical (unpaired) electrons. The van der Waals surface area contributed by atoms with Crippen LogP contribution in [0.2, 0.25) is 0 Å². The Morgan fingerprint density at radius 3 is 2.00 bits per heavy atom. The van der Waals surface area contributed by atoms with Gasteiger partial charge in [-0.3, -0.25) is 0 Å². The van der Waals surface area contributed by atoms with Crippen LogP contribution in [-0.4, -0.2) is 25.7 Å². The van der Waals surface area contributed by atoms with E-state index in [2.05, 4.69) is 10.1 Å². The molecule has 1 atom stereocenters. The van der Waals surface area contributed by atoms with Crippen LogP contribution in [0.3, 0.4) is 0 Å². The van der Waals surface area contributed by atoms with Gasteiger partial charge in [-0.25, -0.2) is 31.5 Å². The van der Waals surface area contributed by atoms with Crippen LogP contribution in [-0.2, 0) is 19.1 Å². The molecule has 0 saturated heterocycles. The summed E-state index contributed by atoms with van der Waals surface area (Å²) in [5, 5.41) is 2.53. The first-order valence-electron chi connectivity index (χ1n) is 7.61. The molecule has 1 aromatic rings. The van der Waals surface area contributed by atoms with Crippen molar-refractivity contribution in [3.05, 3.63) is 57.7 Å². The molecule has 1 aliphatic rings. The number of nitrogens with one attached hydrogen (secondary N) is 1. The van der Waals surface area contributed by atoms with Crippen LogP contribution in [0.15, 0.2) is 23.0 Å². The lowest BCUT2D eigenvalue weighted by Gasteiger charge is -2.28. The molecular formula is C17H14F5NO4. The SMILES string of the molecule is CCOC(=O)C1=CNC(C)=C(C(=O)OC)C1c1c(F)c(F)c(F)c(F)c1F. The van der Waals surface area contributed by atoms with E-state index >= 15 is 0 Å². The highest BCUT2D eigenvalue weighted by atomic mass is 19.2. The Kier molecular flexibility index (Phi) is 5.87. The quantitative estimate of drug-likeness (QED) is 0.370. The number of dihydropyridines is 1. The molecule has 1 aromatic carbocycles. The summed E-state index contributed by atoms with van der Waals surface area (Å²) in [5.74, 6) is -15.2. The minimum atomic E-state index is -2.36. The first-order chi connectivity index (χ1) is 12.7. The van der Waals surface area contributed by atoms with Gasteiger partial charge >= 0.3 is 11.9 Å². The third-order valence-corrected chi connectivity index (χ3v) is 3.90. The minimum absolute atomic E-state index is 0.00356. The molecule has 0 bridgehead atoms. The lowest BCUT2D eigenvalue weighted by atomic mass is 9.81. The molecule has 27 heavy (non-hydrogen) atoms. The molecule has 5 nitrogen and oxygen atoms in total. The molecule has 1 N–H and O–H groups in total. The van der Waals surface area contributed by atoms with Crippen molar-refractivity contribution in [2.24, 2.45) is 0 Å². The number of hydrogen-bond donors (Lipinski definition) is 1. The number of esters is 2. The van der Waals surface area contributed by atoms with E-state index < -0.39 is 63.7 Å². The van der Waals surface area contributed by atoms with Crippen molar-refractivity contribution in [2.75, 3.05) is 13.7 Å². The van der Waals surface area contributed by atoms with Crippen molar-refractivity contribution in [3.63, 3.8) is 0 Å². The van der Waals surface area contributed by atoms with E-state index in [9.17, 15) is 31.5 Å². The Morgan fingerprint density at radius 2 is 1.52 bits per heavy atom. The average molecular weight is 391 g/mol. The Balaban J connectivity index is 2.84. The van der Waals surface area contributed by atoms with Crippen LogP contribution in [0.1, 0.15) is 25.3 Å². The molecule has 0 fully saturated rings. The second-order valence-electron chi connectivity index (χ2n) is 5.41. The Bertz CT molecular complexity index is 850. The van der Waals surface area contributed by atoms with Crippen LogP contribution in [0.4, 0.5) is 22.0 Å². The topological polar surface area (TPSA) is 64.6 Å². The smallest absolute Gasteiger partial charge is 0.336 e. The normalized spacial score (nSPS) is 16.6. The van der Waals surface area contributed by atoms with Gasteiger partial charge in [-0.2, -0.15) is 0 Å². The maximum atomic E-state index is 14.4. The van der Waals surface area contributed by atoms with E-state index in [1.165, 1.54) is 13.8 Å². The molecule has 1 unspecified atom stereocenters. The first-order valence-corrected chi connectivity index (χ1v) is 7.61. The molecule has 0 saturated carbocycles. The highest BCUT2D eigenvalue weighted by Crippen LogP contribution is 2.41. The largest absolute Gasteiger partial charge is 0.466 e.